The molecule has 3 heteroatoms. The summed E-state index contributed by atoms with van der Waals surface area (Å²) in [7, 11) is 0.737. The minimum absolute atomic E-state index is 0.0124. The van der Waals surface area contributed by atoms with Crippen LogP contribution in [0.15, 0.2) is 11.1 Å². The van der Waals surface area contributed by atoms with Gasteiger partial charge in [0.2, 0.25) is 0 Å². The zero-order chi connectivity index (χ0) is 13.3. The molecule has 0 amide bonds. The van der Waals surface area contributed by atoms with E-state index in [0.29, 0.717) is 6.61 Å². The van der Waals surface area contributed by atoms with Crippen LogP contribution in [0.5, 0.6) is 0 Å². The van der Waals surface area contributed by atoms with E-state index in [-0.39, 0.29) is 16.7 Å². The average molecular weight is 254 g/mol. The van der Waals surface area contributed by atoms with E-state index in [0.717, 1.165) is 23.3 Å². The molecule has 98 valence electrons. The highest BCUT2D eigenvalue weighted by molar-refractivity contribution is 5.98. The number of allylic oxidation sites excluding steroid dienone is 1. The average Bonchev–Trinajstić information content (AvgIpc) is 2.24. The molecule has 0 spiro atoms. The fourth-order valence-corrected chi connectivity index (χ4v) is 3.44. The second-order valence-corrected chi connectivity index (χ2v) is 6.96. The minimum Gasteiger partial charge on any atom is -0.427 e. The van der Waals surface area contributed by atoms with E-state index in [9.17, 15) is 4.79 Å². The lowest BCUT2D eigenvalue weighted by molar-refractivity contribution is -0.128. The molecule has 0 heterocycles. The van der Waals surface area contributed by atoms with Gasteiger partial charge in [0.15, 0.2) is 0 Å². The summed E-state index contributed by atoms with van der Waals surface area (Å²) in [5.74, 6) is 0.256. The predicted molar refractivity (Wildman–Crippen MR) is 74.9 cm³/mol. The summed E-state index contributed by atoms with van der Waals surface area (Å²) in [6.07, 6.45) is 3.20. The van der Waals surface area contributed by atoms with Crippen molar-refractivity contribution in [2.75, 3.05) is 6.61 Å². The maximum atomic E-state index is 11.8. The number of carbonyl (C=O) groups is 1. The molecule has 1 aliphatic rings. The van der Waals surface area contributed by atoms with Gasteiger partial charge in [0, 0.05) is 17.9 Å². The molecule has 1 aliphatic carbocycles. The third-order valence-electron chi connectivity index (χ3n) is 4.67. The summed E-state index contributed by atoms with van der Waals surface area (Å²) < 4.78 is 5.50. The Morgan fingerprint density at radius 3 is 2.47 bits per heavy atom. The SMILES string of the molecule is CC1=C(C)C(CO[SiH3])C(C=O)(C(C)(C)C)CC1. The van der Waals surface area contributed by atoms with Crippen molar-refractivity contribution in [1.29, 1.82) is 0 Å². The molecule has 2 nitrogen and oxygen atoms in total. The van der Waals surface area contributed by atoms with E-state index in [1.807, 2.05) is 0 Å². The van der Waals surface area contributed by atoms with Crippen molar-refractivity contribution in [3.05, 3.63) is 11.1 Å². The van der Waals surface area contributed by atoms with E-state index in [4.69, 9.17) is 4.43 Å². The highest BCUT2D eigenvalue weighted by Crippen LogP contribution is 2.53. The summed E-state index contributed by atoms with van der Waals surface area (Å²) in [5, 5.41) is 0. The summed E-state index contributed by atoms with van der Waals surface area (Å²) in [5.41, 5.74) is 2.53. The zero-order valence-corrected chi connectivity index (χ0v) is 14.1. The highest BCUT2D eigenvalue weighted by Gasteiger charge is 2.50. The Balaban J connectivity index is 3.26. The van der Waals surface area contributed by atoms with Gasteiger partial charge in [-0.2, -0.15) is 0 Å². The Hall–Kier alpha value is -0.413. The number of hydrogen-bond acceptors (Lipinski definition) is 2. The van der Waals surface area contributed by atoms with Crippen LogP contribution in [-0.4, -0.2) is 23.4 Å². The van der Waals surface area contributed by atoms with Gasteiger partial charge < -0.3 is 9.22 Å². The molecule has 0 N–H and O–H groups in total. The van der Waals surface area contributed by atoms with E-state index in [2.05, 4.69) is 34.6 Å². The summed E-state index contributed by atoms with van der Waals surface area (Å²) in [6.45, 7) is 11.6. The smallest absolute Gasteiger partial charge is 0.145 e. The molecule has 0 aliphatic heterocycles. The van der Waals surface area contributed by atoms with Crippen LogP contribution in [0, 0.1) is 16.7 Å². The largest absolute Gasteiger partial charge is 0.427 e. The molecule has 0 fully saturated rings. The van der Waals surface area contributed by atoms with Crippen molar-refractivity contribution in [2.24, 2.45) is 16.7 Å². The Kier molecular flexibility index (Phi) is 4.36. The molecular weight excluding hydrogens is 228 g/mol. The summed E-state index contributed by atoms with van der Waals surface area (Å²) in [4.78, 5) is 11.8. The maximum absolute atomic E-state index is 11.8. The highest BCUT2D eigenvalue weighted by atomic mass is 28.2. The number of rotatable bonds is 3. The summed E-state index contributed by atoms with van der Waals surface area (Å²) >= 11 is 0. The number of carbonyl (C=O) groups excluding carboxylic acids is 1. The quantitative estimate of drug-likeness (QED) is 0.439. The molecule has 0 bridgehead atoms. The van der Waals surface area contributed by atoms with E-state index in [1.54, 1.807) is 0 Å². The van der Waals surface area contributed by atoms with Gasteiger partial charge in [-0.05, 0) is 32.1 Å². The van der Waals surface area contributed by atoms with Crippen LogP contribution in [0.25, 0.3) is 0 Å². The van der Waals surface area contributed by atoms with Crippen LogP contribution >= 0.6 is 0 Å². The third-order valence-corrected chi connectivity index (χ3v) is 5.00. The molecule has 2 unspecified atom stereocenters. The Morgan fingerprint density at radius 2 is 2.06 bits per heavy atom. The van der Waals surface area contributed by atoms with Crippen molar-refractivity contribution in [3.8, 4) is 0 Å². The van der Waals surface area contributed by atoms with Gasteiger partial charge in [0.25, 0.3) is 0 Å². The molecule has 0 saturated carbocycles. The fraction of sp³-hybridized carbons (Fsp3) is 0.786. The minimum atomic E-state index is -0.263. The van der Waals surface area contributed by atoms with Crippen molar-refractivity contribution in [1.82, 2.24) is 0 Å². The first-order valence-corrected chi connectivity index (χ1v) is 7.23. The Morgan fingerprint density at radius 1 is 1.47 bits per heavy atom. The maximum Gasteiger partial charge on any atom is 0.145 e. The lowest BCUT2D eigenvalue weighted by Crippen LogP contribution is -2.48. The van der Waals surface area contributed by atoms with Gasteiger partial charge in [-0.25, -0.2) is 0 Å². The van der Waals surface area contributed by atoms with Gasteiger partial charge in [0.1, 0.15) is 16.8 Å². The van der Waals surface area contributed by atoms with Gasteiger partial charge >= 0.3 is 0 Å². The first kappa shape index (κ1) is 14.6. The van der Waals surface area contributed by atoms with Crippen molar-refractivity contribution >= 4 is 16.8 Å². The zero-order valence-electron chi connectivity index (χ0n) is 12.1. The molecule has 1 rings (SSSR count). The van der Waals surface area contributed by atoms with Crippen LogP contribution in [0.4, 0.5) is 0 Å². The van der Waals surface area contributed by atoms with Crippen LogP contribution in [0.3, 0.4) is 0 Å². The predicted octanol–water partition coefficient (Wildman–Crippen LogP) is 2.26. The standard InChI is InChI=1S/C14H26O2Si/c1-10-6-7-14(9-15,13(3,4)5)12(8-16-17)11(10)2/h9,12H,6-8H2,1-5,17H3. The Labute approximate surface area is 108 Å². The van der Waals surface area contributed by atoms with Crippen LogP contribution in [0.2, 0.25) is 0 Å². The van der Waals surface area contributed by atoms with Gasteiger partial charge in [-0.15, -0.1) is 0 Å². The first-order chi connectivity index (χ1) is 7.80. The Bertz CT molecular complexity index is 328. The van der Waals surface area contributed by atoms with Crippen LogP contribution in [-0.2, 0) is 9.22 Å². The molecule has 2 atom stereocenters. The summed E-state index contributed by atoms with van der Waals surface area (Å²) in [6, 6.07) is 0. The van der Waals surface area contributed by atoms with Crippen molar-refractivity contribution < 1.29 is 9.22 Å². The van der Waals surface area contributed by atoms with Crippen molar-refractivity contribution in [3.63, 3.8) is 0 Å². The lowest BCUT2D eigenvalue weighted by atomic mass is 9.54. The molecule has 0 radical (unpaired) electrons. The second-order valence-electron chi connectivity index (χ2n) is 6.38. The van der Waals surface area contributed by atoms with Crippen LogP contribution < -0.4 is 0 Å². The van der Waals surface area contributed by atoms with Crippen molar-refractivity contribution in [2.45, 2.75) is 47.5 Å². The van der Waals surface area contributed by atoms with E-state index < -0.39 is 0 Å². The molecule has 0 aromatic carbocycles. The van der Waals surface area contributed by atoms with E-state index >= 15 is 0 Å². The normalized spacial score (nSPS) is 30.8. The second kappa shape index (κ2) is 5.07. The topological polar surface area (TPSA) is 26.3 Å². The number of hydrogen-bond donors (Lipinski definition) is 0. The fourth-order valence-electron chi connectivity index (χ4n) is 3.11. The molecular formula is C14H26O2Si. The van der Waals surface area contributed by atoms with E-state index in [1.165, 1.54) is 17.4 Å². The lowest BCUT2D eigenvalue weighted by Gasteiger charge is -2.49. The van der Waals surface area contributed by atoms with Gasteiger partial charge in [-0.1, -0.05) is 31.9 Å². The van der Waals surface area contributed by atoms with Gasteiger partial charge in [0.05, 0.1) is 0 Å². The monoisotopic (exact) mass is 254 g/mol. The van der Waals surface area contributed by atoms with Gasteiger partial charge in [-0.3, -0.25) is 0 Å². The molecule has 17 heavy (non-hydrogen) atoms. The molecule has 0 aromatic rings. The first-order valence-electron chi connectivity index (χ1n) is 6.41. The third kappa shape index (κ3) is 2.41. The van der Waals surface area contributed by atoms with Crippen LogP contribution in [0.1, 0.15) is 47.5 Å². The number of aldehydes is 1. The molecule has 0 aromatic heterocycles. The molecule has 0 saturated heterocycles.